The van der Waals surface area contributed by atoms with Crippen molar-refractivity contribution in [3.8, 4) is 11.6 Å². The molecule has 0 saturated heterocycles. The van der Waals surface area contributed by atoms with Crippen LogP contribution in [0.25, 0.3) is 27.6 Å². The third kappa shape index (κ3) is 3.66. The van der Waals surface area contributed by atoms with Crippen molar-refractivity contribution >= 4 is 33.5 Å². The number of pyridine rings is 1. The van der Waals surface area contributed by atoms with Gasteiger partial charge in [0.15, 0.2) is 17.3 Å². The monoisotopic (exact) mass is 457 g/mol. The van der Waals surface area contributed by atoms with Crippen LogP contribution in [-0.2, 0) is 13.1 Å². The number of nitrogens with zero attached hydrogens (tertiary/aromatic N) is 7. The normalized spacial score (nSPS) is 11.1. The molecule has 5 rings (SSSR count). The maximum atomic E-state index is 12.0. The zero-order chi connectivity index (χ0) is 23.7. The number of anilines is 1. The fourth-order valence-corrected chi connectivity index (χ4v) is 3.81. The standard InChI is InChI=1S/C23H23N9O2/c1-4-32-21-17(11-28-32)19-16(10-26-21)22(31-12-18(27-13-31)23(33)24-2)30-29-20(19)25-9-14-5-7-15(34-3)8-6-14/h5-8,10-13H,4,9H2,1-3H3,(H,24,33)(H,25,29). The van der Waals surface area contributed by atoms with Crippen LogP contribution in [0.15, 0.2) is 49.2 Å². The van der Waals surface area contributed by atoms with Crippen LogP contribution in [-0.4, -0.2) is 54.6 Å². The van der Waals surface area contributed by atoms with E-state index < -0.39 is 0 Å². The van der Waals surface area contributed by atoms with Gasteiger partial charge in [-0.1, -0.05) is 12.1 Å². The molecule has 1 aromatic carbocycles. The molecule has 0 aliphatic heterocycles. The highest BCUT2D eigenvalue weighted by Gasteiger charge is 2.18. The van der Waals surface area contributed by atoms with Gasteiger partial charge in [-0.15, -0.1) is 10.2 Å². The predicted octanol–water partition coefficient (Wildman–Crippen LogP) is 2.56. The fraction of sp³-hybridized carbons (Fsp3) is 0.217. The summed E-state index contributed by atoms with van der Waals surface area (Å²) in [4.78, 5) is 20.8. The van der Waals surface area contributed by atoms with Crippen molar-refractivity contribution in [2.75, 3.05) is 19.5 Å². The lowest BCUT2D eigenvalue weighted by Gasteiger charge is -2.12. The van der Waals surface area contributed by atoms with Gasteiger partial charge in [0.1, 0.15) is 17.8 Å². The van der Waals surface area contributed by atoms with E-state index in [1.165, 1.54) is 6.33 Å². The van der Waals surface area contributed by atoms with Crippen molar-refractivity contribution < 1.29 is 9.53 Å². The molecule has 4 heterocycles. The first-order valence-electron chi connectivity index (χ1n) is 10.8. The summed E-state index contributed by atoms with van der Waals surface area (Å²) in [5.74, 6) is 1.66. The minimum Gasteiger partial charge on any atom is -0.497 e. The number of rotatable bonds is 7. The number of hydrogen-bond donors (Lipinski definition) is 2. The number of carbonyl (C=O) groups excluding carboxylic acids is 1. The Labute approximate surface area is 194 Å². The highest BCUT2D eigenvalue weighted by Crippen LogP contribution is 2.31. The molecule has 4 aromatic heterocycles. The second-order valence-corrected chi connectivity index (χ2v) is 7.56. The molecule has 0 aliphatic rings. The number of aryl methyl sites for hydroxylation is 1. The van der Waals surface area contributed by atoms with Gasteiger partial charge in [-0.05, 0) is 24.6 Å². The molecule has 0 fully saturated rings. The minimum atomic E-state index is -0.279. The van der Waals surface area contributed by atoms with Gasteiger partial charge in [0, 0.05) is 43.3 Å². The van der Waals surface area contributed by atoms with Gasteiger partial charge in [0.25, 0.3) is 5.91 Å². The van der Waals surface area contributed by atoms with Gasteiger partial charge < -0.3 is 15.4 Å². The van der Waals surface area contributed by atoms with E-state index in [2.05, 4.69) is 35.9 Å². The first kappa shape index (κ1) is 21.3. The van der Waals surface area contributed by atoms with Crippen molar-refractivity contribution in [1.82, 2.24) is 39.8 Å². The number of fused-ring (bicyclic) bond motifs is 3. The molecule has 0 aliphatic carbocycles. The Hall–Kier alpha value is -4.54. The molecule has 1 amide bonds. The number of benzene rings is 1. The highest BCUT2D eigenvalue weighted by atomic mass is 16.5. The molecule has 34 heavy (non-hydrogen) atoms. The Bertz CT molecular complexity index is 1490. The SMILES string of the molecule is CCn1ncc2c3c(NCc4ccc(OC)cc4)nnc(-n4cnc(C(=O)NC)c4)c3cnc21. The van der Waals surface area contributed by atoms with Crippen molar-refractivity contribution in [2.24, 2.45) is 0 Å². The van der Waals surface area contributed by atoms with Crippen LogP contribution in [0.4, 0.5) is 5.82 Å². The number of carbonyl (C=O) groups is 1. The third-order valence-electron chi connectivity index (χ3n) is 5.59. The average Bonchev–Trinajstić information content (AvgIpc) is 3.54. The molecule has 11 nitrogen and oxygen atoms in total. The van der Waals surface area contributed by atoms with Crippen LogP contribution in [0.3, 0.4) is 0 Å². The summed E-state index contributed by atoms with van der Waals surface area (Å²) in [7, 11) is 3.20. The summed E-state index contributed by atoms with van der Waals surface area (Å²) in [6.45, 7) is 3.26. The maximum absolute atomic E-state index is 12.0. The van der Waals surface area contributed by atoms with Gasteiger partial charge >= 0.3 is 0 Å². The molecule has 0 saturated carbocycles. The number of ether oxygens (including phenoxy) is 1. The van der Waals surface area contributed by atoms with Crippen LogP contribution in [0.5, 0.6) is 5.75 Å². The van der Waals surface area contributed by atoms with Crippen molar-refractivity contribution in [1.29, 1.82) is 0 Å². The number of amides is 1. The van der Waals surface area contributed by atoms with E-state index >= 15 is 0 Å². The fourth-order valence-electron chi connectivity index (χ4n) is 3.81. The smallest absolute Gasteiger partial charge is 0.271 e. The van der Waals surface area contributed by atoms with E-state index in [1.807, 2.05) is 35.9 Å². The van der Waals surface area contributed by atoms with Crippen molar-refractivity contribution in [2.45, 2.75) is 20.0 Å². The summed E-state index contributed by atoms with van der Waals surface area (Å²) >= 11 is 0. The van der Waals surface area contributed by atoms with Crippen molar-refractivity contribution in [3.63, 3.8) is 0 Å². The lowest BCUT2D eigenvalue weighted by Crippen LogP contribution is -2.18. The molecule has 0 bridgehead atoms. The van der Waals surface area contributed by atoms with Crippen molar-refractivity contribution in [3.05, 3.63) is 60.4 Å². The van der Waals surface area contributed by atoms with Crippen LogP contribution in [0.1, 0.15) is 23.0 Å². The number of hydrogen-bond acceptors (Lipinski definition) is 8. The Balaban J connectivity index is 1.62. The Kier molecular flexibility index (Phi) is 5.50. The van der Waals surface area contributed by atoms with Crippen LogP contribution < -0.4 is 15.4 Å². The van der Waals surface area contributed by atoms with E-state index in [-0.39, 0.29) is 11.6 Å². The molecule has 0 radical (unpaired) electrons. The summed E-state index contributed by atoms with van der Waals surface area (Å²) in [5.41, 5.74) is 2.12. The second kappa shape index (κ2) is 8.77. The van der Waals surface area contributed by atoms with Gasteiger partial charge in [-0.3, -0.25) is 9.36 Å². The van der Waals surface area contributed by atoms with Crippen LogP contribution in [0.2, 0.25) is 0 Å². The largest absolute Gasteiger partial charge is 0.497 e. The predicted molar refractivity (Wildman–Crippen MR) is 127 cm³/mol. The Morgan fingerprint density at radius 2 is 1.91 bits per heavy atom. The number of nitrogens with one attached hydrogen (secondary N) is 2. The van der Waals surface area contributed by atoms with Gasteiger partial charge in [0.05, 0.1) is 18.7 Å². The Morgan fingerprint density at radius 1 is 1.09 bits per heavy atom. The van der Waals surface area contributed by atoms with Gasteiger partial charge in [-0.25, -0.2) is 14.6 Å². The highest BCUT2D eigenvalue weighted by molar-refractivity contribution is 6.11. The average molecular weight is 457 g/mol. The molecular formula is C23H23N9O2. The van der Waals surface area contributed by atoms with Gasteiger partial charge in [-0.2, -0.15) is 5.10 Å². The molecule has 0 unspecified atom stereocenters. The van der Waals surface area contributed by atoms with Crippen LogP contribution >= 0.6 is 0 Å². The lowest BCUT2D eigenvalue weighted by atomic mass is 10.1. The number of imidazole rings is 1. The van der Waals surface area contributed by atoms with E-state index in [4.69, 9.17) is 4.74 Å². The first-order valence-corrected chi connectivity index (χ1v) is 10.8. The lowest BCUT2D eigenvalue weighted by molar-refractivity contribution is 0.0958. The molecule has 172 valence electrons. The maximum Gasteiger partial charge on any atom is 0.271 e. The molecule has 5 aromatic rings. The molecular weight excluding hydrogens is 434 g/mol. The molecule has 0 atom stereocenters. The topological polar surface area (TPSA) is 125 Å². The van der Waals surface area contributed by atoms with E-state index in [0.717, 1.165) is 33.1 Å². The summed E-state index contributed by atoms with van der Waals surface area (Å²) in [5, 5.41) is 21.9. The molecule has 2 N–H and O–H groups in total. The number of methoxy groups -OCH3 is 1. The minimum absolute atomic E-state index is 0.279. The van der Waals surface area contributed by atoms with E-state index in [0.29, 0.717) is 24.7 Å². The van der Waals surface area contributed by atoms with E-state index in [1.54, 1.807) is 37.3 Å². The Morgan fingerprint density at radius 3 is 2.65 bits per heavy atom. The summed E-state index contributed by atoms with van der Waals surface area (Å²) in [6.07, 6.45) is 6.71. The zero-order valence-electron chi connectivity index (χ0n) is 19.0. The quantitative estimate of drug-likeness (QED) is 0.382. The van der Waals surface area contributed by atoms with E-state index in [9.17, 15) is 4.79 Å². The van der Waals surface area contributed by atoms with Crippen LogP contribution in [0, 0.1) is 0 Å². The molecule has 0 spiro atoms. The second-order valence-electron chi connectivity index (χ2n) is 7.56. The van der Waals surface area contributed by atoms with Gasteiger partial charge in [0.2, 0.25) is 0 Å². The zero-order valence-corrected chi connectivity index (χ0v) is 19.0. The third-order valence-corrected chi connectivity index (χ3v) is 5.59. The summed E-state index contributed by atoms with van der Waals surface area (Å²) < 4.78 is 8.75. The summed E-state index contributed by atoms with van der Waals surface area (Å²) in [6, 6.07) is 7.82. The molecule has 11 heteroatoms. The first-order chi connectivity index (χ1) is 16.6. The number of aromatic nitrogens is 7.